The third kappa shape index (κ3) is 5.42. The first-order valence-corrected chi connectivity index (χ1v) is 18.8. The second-order valence-electron chi connectivity index (χ2n) is 13.8. The van der Waals surface area contributed by atoms with Gasteiger partial charge in [-0.15, -0.1) is 0 Å². The number of carbonyl (C=O) groups excluding carboxylic acids is 2. The number of benzene rings is 1. The zero-order valence-electron chi connectivity index (χ0n) is 27.6. The van der Waals surface area contributed by atoms with E-state index >= 15 is 0 Å². The van der Waals surface area contributed by atoms with E-state index in [1.165, 1.54) is 14.0 Å². The predicted octanol–water partition coefficient (Wildman–Crippen LogP) is 3.92. The van der Waals surface area contributed by atoms with Crippen molar-refractivity contribution in [2.45, 2.75) is 127 Å². The van der Waals surface area contributed by atoms with Gasteiger partial charge in [-0.3, -0.25) is 4.79 Å². The summed E-state index contributed by atoms with van der Waals surface area (Å²) in [5, 5.41) is 37.2. The van der Waals surface area contributed by atoms with Crippen LogP contribution in [0.4, 0.5) is 0 Å². The highest BCUT2D eigenvalue weighted by molar-refractivity contribution is 6.73. The van der Waals surface area contributed by atoms with Crippen molar-refractivity contribution in [3.63, 3.8) is 0 Å². The molecule has 10 atom stereocenters. The van der Waals surface area contributed by atoms with Gasteiger partial charge in [0.1, 0.15) is 23.9 Å². The first-order valence-electron chi connectivity index (χ1n) is 16.3. The number of esters is 2. The highest BCUT2D eigenvalue weighted by atomic mass is 28.4. The molecule has 1 aromatic carbocycles. The van der Waals surface area contributed by atoms with Crippen LogP contribution >= 0.6 is 0 Å². The van der Waals surface area contributed by atoms with Gasteiger partial charge in [0.2, 0.25) is 0 Å². The van der Waals surface area contributed by atoms with E-state index in [4.69, 9.17) is 23.4 Å². The molecule has 3 aliphatic carbocycles. The molecule has 1 saturated heterocycles. The SMILES string of the molecule is CC[Si](CC)(CC)OC1C[C@H]2OC[C@@]2(OC(C)=O)[C@H]2[C@H](OC(=O)c3ccccc3)[C@@]3(O)CC(=C(C)C(OC)C3)[C@H](O)[C@H](O)[C@]12C. The van der Waals surface area contributed by atoms with E-state index in [9.17, 15) is 24.9 Å². The Morgan fingerprint density at radius 2 is 1.73 bits per heavy atom. The fraction of sp³-hybridized carbons (Fsp3) is 0.706. The first kappa shape index (κ1) is 34.2. The number of methoxy groups -OCH3 is 1. The number of ether oxygens (including phenoxy) is 4. The van der Waals surface area contributed by atoms with E-state index in [0.717, 1.165) is 23.7 Å². The number of aliphatic hydroxyl groups excluding tert-OH is 2. The van der Waals surface area contributed by atoms with Crippen LogP contribution in [-0.4, -0.2) is 97.1 Å². The zero-order valence-corrected chi connectivity index (χ0v) is 28.6. The Morgan fingerprint density at radius 3 is 2.27 bits per heavy atom. The van der Waals surface area contributed by atoms with Crippen LogP contribution in [0.3, 0.4) is 0 Å². The van der Waals surface area contributed by atoms with Crippen LogP contribution < -0.4 is 0 Å². The van der Waals surface area contributed by atoms with E-state index in [0.29, 0.717) is 12.0 Å². The first-order chi connectivity index (χ1) is 21.3. The van der Waals surface area contributed by atoms with Gasteiger partial charge >= 0.3 is 11.9 Å². The normalized spacial score (nSPS) is 39.5. The highest BCUT2D eigenvalue weighted by Gasteiger charge is 2.76. The summed E-state index contributed by atoms with van der Waals surface area (Å²) in [4.78, 5) is 26.7. The lowest BCUT2D eigenvalue weighted by Gasteiger charge is -2.68. The van der Waals surface area contributed by atoms with Crippen LogP contribution in [0.2, 0.25) is 18.1 Å². The Balaban J connectivity index is 1.78. The topological polar surface area (TPSA) is 141 Å². The van der Waals surface area contributed by atoms with Gasteiger partial charge in [-0.05, 0) is 48.3 Å². The molecule has 0 aromatic heterocycles. The molecular weight excluding hydrogens is 596 g/mol. The molecule has 2 saturated carbocycles. The summed E-state index contributed by atoms with van der Waals surface area (Å²) in [7, 11) is -0.815. The molecule has 10 nitrogen and oxygen atoms in total. The number of fused-ring (bicyclic) bond motifs is 5. The quantitative estimate of drug-likeness (QED) is 0.205. The van der Waals surface area contributed by atoms with E-state index in [1.807, 2.05) is 13.8 Å². The molecule has 250 valence electrons. The van der Waals surface area contributed by atoms with Crippen molar-refractivity contribution in [3.05, 3.63) is 47.0 Å². The fourth-order valence-electron chi connectivity index (χ4n) is 8.77. The van der Waals surface area contributed by atoms with Crippen LogP contribution in [0, 0.1) is 11.3 Å². The molecule has 0 spiro atoms. The van der Waals surface area contributed by atoms with Gasteiger partial charge in [0.25, 0.3) is 0 Å². The van der Waals surface area contributed by atoms with Crippen molar-refractivity contribution >= 4 is 20.3 Å². The summed E-state index contributed by atoms with van der Waals surface area (Å²) >= 11 is 0. The molecule has 1 aliphatic heterocycles. The lowest BCUT2D eigenvalue weighted by Crippen LogP contribution is -2.81. The van der Waals surface area contributed by atoms with Crippen LogP contribution in [0.15, 0.2) is 41.5 Å². The smallest absolute Gasteiger partial charge is 0.338 e. The average molecular weight is 647 g/mol. The van der Waals surface area contributed by atoms with Crippen molar-refractivity contribution in [1.82, 2.24) is 0 Å². The minimum Gasteiger partial charge on any atom is -0.455 e. The van der Waals surface area contributed by atoms with Gasteiger partial charge in [-0.25, -0.2) is 4.79 Å². The number of aliphatic hydroxyl groups is 3. The lowest BCUT2D eigenvalue weighted by molar-refractivity contribution is -0.357. The third-order valence-electron chi connectivity index (χ3n) is 11.7. The number of carbonyl (C=O) groups is 2. The molecule has 1 heterocycles. The van der Waals surface area contributed by atoms with Gasteiger partial charge in [-0.1, -0.05) is 45.9 Å². The Kier molecular flexibility index (Phi) is 9.49. The molecule has 45 heavy (non-hydrogen) atoms. The molecule has 2 unspecified atom stereocenters. The average Bonchev–Trinajstić information content (AvgIpc) is 3.03. The summed E-state index contributed by atoms with van der Waals surface area (Å²) in [5.41, 5.74) is -3.01. The Morgan fingerprint density at radius 1 is 1.09 bits per heavy atom. The number of hydrogen-bond donors (Lipinski definition) is 3. The van der Waals surface area contributed by atoms with E-state index < -0.39 is 79.4 Å². The maximum absolute atomic E-state index is 13.9. The van der Waals surface area contributed by atoms with Crippen LogP contribution in [0.25, 0.3) is 0 Å². The predicted molar refractivity (Wildman–Crippen MR) is 168 cm³/mol. The van der Waals surface area contributed by atoms with Crippen molar-refractivity contribution in [2.75, 3.05) is 13.7 Å². The van der Waals surface area contributed by atoms with Crippen molar-refractivity contribution < 1.29 is 48.3 Å². The highest BCUT2D eigenvalue weighted by Crippen LogP contribution is 2.63. The molecule has 0 radical (unpaired) electrons. The van der Waals surface area contributed by atoms with Gasteiger partial charge in [0.15, 0.2) is 13.9 Å². The number of hydrogen-bond acceptors (Lipinski definition) is 10. The van der Waals surface area contributed by atoms with E-state index in [2.05, 4.69) is 20.8 Å². The maximum Gasteiger partial charge on any atom is 0.338 e. The summed E-state index contributed by atoms with van der Waals surface area (Å²) in [6.45, 7) is 11.3. The molecular formula is C34H50O10Si. The summed E-state index contributed by atoms with van der Waals surface area (Å²) in [5.74, 6) is -2.23. The Hall–Kier alpha value is -2.12. The lowest BCUT2D eigenvalue weighted by atomic mass is 9.48. The molecule has 5 rings (SSSR count). The van der Waals surface area contributed by atoms with E-state index in [1.54, 1.807) is 30.3 Å². The van der Waals surface area contributed by atoms with Crippen LogP contribution in [-0.2, 0) is 28.2 Å². The molecule has 0 amide bonds. The molecule has 3 fully saturated rings. The monoisotopic (exact) mass is 646 g/mol. The summed E-state index contributed by atoms with van der Waals surface area (Å²) in [6, 6.07) is 11.0. The maximum atomic E-state index is 13.9. The van der Waals surface area contributed by atoms with Crippen molar-refractivity contribution in [1.29, 1.82) is 0 Å². The van der Waals surface area contributed by atoms with Gasteiger partial charge in [-0.2, -0.15) is 0 Å². The summed E-state index contributed by atoms with van der Waals surface area (Å²) in [6.07, 6.45) is -5.72. The van der Waals surface area contributed by atoms with Crippen LogP contribution in [0.1, 0.15) is 71.2 Å². The van der Waals surface area contributed by atoms with Gasteiger partial charge in [0.05, 0.1) is 36.4 Å². The molecule has 2 bridgehead atoms. The van der Waals surface area contributed by atoms with Crippen LogP contribution in [0.5, 0.6) is 0 Å². The summed E-state index contributed by atoms with van der Waals surface area (Å²) < 4.78 is 31.6. The van der Waals surface area contributed by atoms with Crippen molar-refractivity contribution in [2.24, 2.45) is 11.3 Å². The molecule has 1 aromatic rings. The minimum atomic E-state index is -2.33. The Bertz CT molecular complexity index is 1290. The minimum absolute atomic E-state index is 0.0180. The molecule has 11 heteroatoms. The van der Waals surface area contributed by atoms with Crippen molar-refractivity contribution in [3.8, 4) is 0 Å². The standard InChI is InChI=1S/C34H50O10Si/c1-8-45(9-2,10-3)44-25-16-26-34(19-41-26,43-21(5)35)28-30(42-31(38)22-14-12-11-13-15-22)33(39)17-23(20(4)24(18-33)40-7)27(36)29(37)32(25,28)6/h11-15,24-30,36-37,39H,8-10,16-19H2,1-7H3/t24?,25?,26-,27+,28+,29+,30+,32-,33-,34+/m1/s1. The molecule has 4 aliphatic rings. The largest absolute Gasteiger partial charge is 0.455 e. The van der Waals surface area contributed by atoms with Gasteiger partial charge < -0.3 is 38.7 Å². The Labute approximate surface area is 267 Å². The van der Waals surface area contributed by atoms with E-state index in [-0.39, 0.29) is 25.0 Å². The third-order valence-corrected chi connectivity index (χ3v) is 16.4. The zero-order chi connectivity index (χ0) is 32.9. The fourth-order valence-corrected chi connectivity index (χ4v) is 11.7. The molecule has 3 N–H and O–H groups in total. The second-order valence-corrected chi connectivity index (χ2v) is 18.5. The second kappa shape index (κ2) is 12.5. The number of rotatable bonds is 9. The van der Waals surface area contributed by atoms with Gasteiger partial charge in [0, 0.05) is 38.7 Å².